The first kappa shape index (κ1) is 21.3. The number of hydrogen-bond donors (Lipinski definition) is 1. The number of hydrogen-bond acceptors (Lipinski definition) is 4. The third-order valence-electron chi connectivity index (χ3n) is 5.66. The number of carbonyl (C=O) groups is 2. The van der Waals surface area contributed by atoms with Crippen molar-refractivity contribution in [1.29, 1.82) is 0 Å². The molecule has 6 heteroatoms. The molecule has 32 heavy (non-hydrogen) atoms. The van der Waals surface area contributed by atoms with Crippen molar-refractivity contribution in [3.63, 3.8) is 0 Å². The lowest BCUT2D eigenvalue weighted by molar-refractivity contribution is -0.132. The predicted molar refractivity (Wildman–Crippen MR) is 120 cm³/mol. The number of ketones is 1. The molecule has 4 rings (SSSR count). The Kier molecular flexibility index (Phi) is 5.53. The molecule has 1 N–H and O–H groups in total. The zero-order valence-corrected chi connectivity index (χ0v) is 17.9. The number of benzene rings is 3. The van der Waals surface area contributed by atoms with Crippen LogP contribution in [0, 0.1) is 19.7 Å². The van der Waals surface area contributed by atoms with Gasteiger partial charge < -0.3 is 9.84 Å². The van der Waals surface area contributed by atoms with Crippen molar-refractivity contribution in [3.8, 4) is 5.75 Å². The first-order chi connectivity index (χ1) is 15.3. The Morgan fingerprint density at radius 3 is 2.25 bits per heavy atom. The standard InChI is InChI=1S/C26H22FNO4/c1-15-14-21(32-3)16(2)13-20(15)24(29)22-23(17-9-11-18(27)12-10-17)28(26(31)25(22)30)19-7-5-4-6-8-19/h4-14,23,29H,1-3H3/b24-22+. The van der Waals surface area contributed by atoms with Gasteiger partial charge in [-0.2, -0.15) is 0 Å². The second-order valence-electron chi connectivity index (χ2n) is 7.69. The van der Waals surface area contributed by atoms with Gasteiger partial charge in [-0.15, -0.1) is 0 Å². The number of nitrogens with zero attached hydrogens (tertiary/aromatic N) is 1. The van der Waals surface area contributed by atoms with Crippen LogP contribution in [0.3, 0.4) is 0 Å². The molecule has 0 saturated carbocycles. The van der Waals surface area contributed by atoms with E-state index in [1.165, 1.54) is 29.2 Å². The number of amides is 1. The minimum absolute atomic E-state index is 0.0434. The summed E-state index contributed by atoms with van der Waals surface area (Å²) in [6, 6.07) is 16.9. The maximum atomic E-state index is 13.6. The topological polar surface area (TPSA) is 66.8 Å². The fourth-order valence-corrected chi connectivity index (χ4v) is 4.06. The van der Waals surface area contributed by atoms with Gasteiger partial charge in [-0.25, -0.2) is 4.39 Å². The highest BCUT2D eigenvalue weighted by Crippen LogP contribution is 2.42. The maximum Gasteiger partial charge on any atom is 0.300 e. The van der Waals surface area contributed by atoms with Crippen LogP contribution in [-0.2, 0) is 9.59 Å². The number of rotatable bonds is 4. The number of Topliss-reactive ketones (excluding diaryl/α,β-unsaturated/α-hetero) is 1. The minimum atomic E-state index is -0.903. The van der Waals surface area contributed by atoms with E-state index in [9.17, 15) is 19.1 Å². The number of ether oxygens (including phenoxy) is 1. The number of para-hydroxylation sites is 1. The molecule has 0 spiro atoms. The summed E-state index contributed by atoms with van der Waals surface area (Å²) >= 11 is 0. The van der Waals surface area contributed by atoms with Crippen LogP contribution >= 0.6 is 0 Å². The number of carbonyl (C=O) groups excluding carboxylic acids is 2. The van der Waals surface area contributed by atoms with Gasteiger partial charge in [0.05, 0.1) is 18.7 Å². The molecule has 1 atom stereocenters. The molecule has 1 unspecified atom stereocenters. The monoisotopic (exact) mass is 431 g/mol. The maximum absolute atomic E-state index is 13.6. The summed E-state index contributed by atoms with van der Waals surface area (Å²) in [6.45, 7) is 3.62. The Hall–Kier alpha value is -3.93. The number of anilines is 1. The third-order valence-corrected chi connectivity index (χ3v) is 5.66. The molecule has 1 aliphatic heterocycles. The van der Waals surface area contributed by atoms with Crippen molar-refractivity contribution in [3.05, 3.63) is 100 Å². The lowest BCUT2D eigenvalue weighted by Crippen LogP contribution is -2.29. The highest BCUT2D eigenvalue weighted by atomic mass is 19.1. The van der Waals surface area contributed by atoms with Crippen LogP contribution in [0.5, 0.6) is 5.75 Å². The van der Waals surface area contributed by atoms with Crippen LogP contribution in [0.25, 0.3) is 5.76 Å². The summed E-state index contributed by atoms with van der Waals surface area (Å²) in [4.78, 5) is 27.6. The zero-order valence-electron chi connectivity index (χ0n) is 17.9. The molecule has 3 aromatic rings. The van der Waals surface area contributed by atoms with Gasteiger partial charge in [0.25, 0.3) is 11.7 Å². The highest BCUT2D eigenvalue weighted by Gasteiger charge is 2.47. The average molecular weight is 431 g/mol. The average Bonchev–Trinajstić information content (AvgIpc) is 3.06. The number of halogens is 1. The molecule has 1 saturated heterocycles. The van der Waals surface area contributed by atoms with Gasteiger partial charge in [0.15, 0.2) is 0 Å². The molecular weight excluding hydrogens is 409 g/mol. The van der Waals surface area contributed by atoms with E-state index in [0.29, 0.717) is 28.1 Å². The van der Waals surface area contributed by atoms with Crippen molar-refractivity contribution in [2.75, 3.05) is 12.0 Å². The summed E-state index contributed by atoms with van der Waals surface area (Å²) in [5, 5.41) is 11.3. The number of aryl methyl sites for hydroxylation is 2. The molecule has 3 aromatic carbocycles. The van der Waals surface area contributed by atoms with E-state index in [0.717, 1.165) is 5.56 Å². The Morgan fingerprint density at radius 1 is 0.969 bits per heavy atom. The van der Waals surface area contributed by atoms with Gasteiger partial charge in [0, 0.05) is 11.3 Å². The van der Waals surface area contributed by atoms with E-state index < -0.39 is 23.5 Å². The van der Waals surface area contributed by atoms with E-state index in [4.69, 9.17) is 4.74 Å². The second-order valence-corrected chi connectivity index (χ2v) is 7.69. The highest BCUT2D eigenvalue weighted by molar-refractivity contribution is 6.51. The SMILES string of the molecule is COc1cc(C)c(/C(O)=C2\C(=O)C(=O)N(c3ccccc3)C2c2ccc(F)cc2)cc1C. The quantitative estimate of drug-likeness (QED) is 0.356. The molecule has 0 radical (unpaired) electrons. The van der Waals surface area contributed by atoms with Crippen molar-refractivity contribution in [2.45, 2.75) is 19.9 Å². The van der Waals surface area contributed by atoms with Gasteiger partial charge >= 0.3 is 0 Å². The largest absolute Gasteiger partial charge is 0.507 e. The first-order valence-electron chi connectivity index (χ1n) is 10.1. The molecule has 0 aliphatic carbocycles. The van der Waals surface area contributed by atoms with Gasteiger partial charge in [-0.3, -0.25) is 14.5 Å². The lowest BCUT2D eigenvalue weighted by atomic mass is 9.93. The summed E-state index contributed by atoms with van der Waals surface area (Å²) in [5.41, 5.74) is 2.87. The minimum Gasteiger partial charge on any atom is -0.507 e. The van der Waals surface area contributed by atoms with Crippen LogP contribution < -0.4 is 9.64 Å². The van der Waals surface area contributed by atoms with Crippen molar-refractivity contribution >= 4 is 23.1 Å². The number of aliphatic hydroxyl groups excluding tert-OH is 1. The predicted octanol–water partition coefficient (Wildman–Crippen LogP) is 5.08. The zero-order chi connectivity index (χ0) is 23.0. The molecule has 1 fully saturated rings. The molecule has 5 nitrogen and oxygen atoms in total. The molecule has 1 amide bonds. The van der Waals surface area contributed by atoms with Crippen molar-refractivity contribution in [2.24, 2.45) is 0 Å². The molecule has 1 heterocycles. The van der Waals surface area contributed by atoms with E-state index in [2.05, 4.69) is 0 Å². The fraction of sp³-hybridized carbons (Fsp3) is 0.154. The summed E-state index contributed by atoms with van der Waals surface area (Å²) in [6.07, 6.45) is 0. The van der Waals surface area contributed by atoms with Crippen LogP contribution in [-0.4, -0.2) is 23.9 Å². The van der Waals surface area contributed by atoms with Crippen LogP contribution in [0.15, 0.2) is 72.3 Å². The van der Waals surface area contributed by atoms with E-state index in [1.807, 2.05) is 6.92 Å². The first-order valence-corrected chi connectivity index (χ1v) is 10.1. The summed E-state index contributed by atoms with van der Waals surface area (Å²) in [5.74, 6) is -1.62. The normalized spacial score (nSPS) is 17.6. The number of methoxy groups -OCH3 is 1. The lowest BCUT2D eigenvalue weighted by Gasteiger charge is -2.25. The molecule has 0 aromatic heterocycles. The summed E-state index contributed by atoms with van der Waals surface area (Å²) < 4.78 is 19.0. The van der Waals surface area contributed by atoms with Crippen molar-refractivity contribution < 1.29 is 23.8 Å². The third kappa shape index (κ3) is 3.54. The second kappa shape index (κ2) is 8.30. The Labute approximate surface area is 185 Å². The summed E-state index contributed by atoms with van der Waals surface area (Å²) in [7, 11) is 1.56. The van der Waals surface area contributed by atoms with Crippen LogP contribution in [0.1, 0.15) is 28.3 Å². The van der Waals surface area contributed by atoms with E-state index in [-0.39, 0.29) is 11.3 Å². The van der Waals surface area contributed by atoms with E-state index >= 15 is 0 Å². The number of aliphatic hydroxyl groups is 1. The smallest absolute Gasteiger partial charge is 0.300 e. The molecule has 0 bridgehead atoms. The fourth-order valence-electron chi connectivity index (χ4n) is 4.06. The van der Waals surface area contributed by atoms with Crippen LogP contribution in [0.2, 0.25) is 0 Å². The van der Waals surface area contributed by atoms with Gasteiger partial charge in [-0.1, -0.05) is 30.3 Å². The van der Waals surface area contributed by atoms with Crippen LogP contribution in [0.4, 0.5) is 10.1 Å². The van der Waals surface area contributed by atoms with Gasteiger partial charge in [-0.05, 0) is 66.9 Å². The Morgan fingerprint density at radius 2 is 1.62 bits per heavy atom. The van der Waals surface area contributed by atoms with E-state index in [1.54, 1.807) is 56.5 Å². The van der Waals surface area contributed by atoms with Gasteiger partial charge in [0.1, 0.15) is 17.3 Å². The van der Waals surface area contributed by atoms with Crippen molar-refractivity contribution in [1.82, 2.24) is 0 Å². The molecule has 162 valence electrons. The Bertz CT molecular complexity index is 1230. The van der Waals surface area contributed by atoms with Gasteiger partial charge in [0.2, 0.25) is 0 Å². The Balaban J connectivity index is 1.97. The molecule has 1 aliphatic rings. The molecular formula is C26H22FNO4.